The van der Waals surface area contributed by atoms with Gasteiger partial charge in [-0.25, -0.2) is 0 Å². The lowest BCUT2D eigenvalue weighted by molar-refractivity contribution is -0.130. The van der Waals surface area contributed by atoms with E-state index in [4.69, 9.17) is 9.47 Å². The molecule has 0 saturated carbocycles. The number of nitrogens with zero attached hydrogens (tertiary/aromatic N) is 5. The van der Waals surface area contributed by atoms with Gasteiger partial charge in [-0.15, -0.1) is 10.2 Å². The number of carbonyl (C=O) groups excluding carboxylic acids is 1. The van der Waals surface area contributed by atoms with Crippen molar-refractivity contribution in [3.05, 3.63) is 53.6 Å². The highest BCUT2D eigenvalue weighted by Gasteiger charge is 2.23. The normalized spacial score (nSPS) is 15.5. The molecule has 0 radical (unpaired) electrons. The molecule has 8 nitrogen and oxygen atoms in total. The van der Waals surface area contributed by atoms with Crippen molar-refractivity contribution in [3.8, 4) is 22.9 Å². The fraction of sp³-hybridized carbons (Fsp3) is 0.423. The predicted octanol–water partition coefficient (Wildman–Crippen LogP) is 3.83. The van der Waals surface area contributed by atoms with Crippen molar-refractivity contribution in [1.29, 1.82) is 0 Å². The maximum atomic E-state index is 13.0. The third-order valence-corrected chi connectivity index (χ3v) is 7.28. The molecule has 1 saturated heterocycles. The van der Waals surface area contributed by atoms with Crippen LogP contribution in [-0.4, -0.2) is 69.2 Å². The molecule has 0 aliphatic carbocycles. The largest absolute Gasteiger partial charge is 0.454 e. The van der Waals surface area contributed by atoms with E-state index in [1.165, 1.54) is 22.9 Å². The van der Waals surface area contributed by atoms with Gasteiger partial charge in [0.2, 0.25) is 12.7 Å². The summed E-state index contributed by atoms with van der Waals surface area (Å²) in [6.45, 7) is 9.36. The van der Waals surface area contributed by atoms with Gasteiger partial charge in [-0.05, 0) is 37.1 Å². The first kappa shape index (κ1) is 23.7. The Hall–Kier alpha value is -3.04. The zero-order valence-corrected chi connectivity index (χ0v) is 21.1. The minimum atomic E-state index is 0.154. The number of aryl methyl sites for hydroxylation is 1. The number of rotatable bonds is 8. The first-order valence-corrected chi connectivity index (χ1v) is 13.1. The van der Waals surface area contributed by atoms with Crippen LogP contribution in [0.1, 0.15) is 24.5 Å². The summed E-state index contributed by atoms with van der Waals surface area (Å²) in [6, 6.07) is 14.4. The molecule has 1 aromatic heterocycles. The van der Waals surface area contributed by atoms with E-state index in [-0.39, 0.29) is 5.91 Å². The molecule has 1 amide bonds. The lowest BCUT2D eigenvalue weighted by Gasteiger charge is -2.34. The number of piperazine rings is 1. The lowest BCUT2D eigenvalue weighted by Crippen LogP contribution is -2.48. The predicted molar refractivity (Wildman–Crippen MR) is 136 cm³/mol. The molecule has 5 rings (SSSR count). The molecular formula is C26H31N5O3S. The summed E-state index contributed by atoms with van der Waals surface area (Å²) in [6.07, 6.45) is 0.976. The van der Waals surface area contributed by atoms with E-state index >= 15 is 0 Å². The molecule has 0 atom stereocenters. The van der Waals surface area contributed by atoms with E-state index < -0.39 is 0 Å². The van der Waals surface area contributed by atoms with E-state index in [0.717, 1.165) is 73.7 Å². The standard InChI is InChI=1S/C26H31N5O3S/c1-3-9-31-25(21-6-4-5-19(2)14-21)27-28-26(31)35-17-24(32)30-12-10-29(11-13-30)16-20-7-8-22-23(15-20)34-18-33-22/h4-8,14-15H,3,9-13,16-18H2,1-2H3. The molecule has 2 aliphatic heterocycles. The van der Waals surface area contributed by atoms with E-state index in [1.54, 1.807) is 0 Å². The van der Waals surface area contributed by atoms with Gasteiger partial charge in [0.15, 0.2) is 22.5 Å². The molecule has 0 N–H and O–H groups in total. The molecule has 1 fully saturated rings. The van der Waals surface area contributed by atoms with Gasteiger partial charge in [0.1, 0.15) is 0 Å². The molecule has 0 bridgehead atoms. The van der Waals surface area contributed by atoms with Crippen molar-refractivity contribution in [2.45, 2.75) is 38.5 Å². The molecule has 184 valence electrons. The van der Waals surface area contributed by atoms with Gasteiger partial charge in [0.05, 0.1) is 5.75 Å². The number of fused-ring (bicyclic) bond motifs is 1. The van der Waals surface area contributed by atoms with E-state index in [9.17, 15) is 4.79 Å². The fourth-order valence-corrected chi connectivity index (χ4v) is 5.36. The molecule has 0 spiro atoms. The molecular weight excluding hydrogens is 462 g/mol. The number of carbonyl (C=O) groups is 1. The Morgan fingerprint density at radius 1 is 1.03 bits per heavy atom. The number of ether oxygens (including phenoxy) is 2. The van der Waals surface area contributed by atoms with Gasteiger partial charge >= 0.3 is 0 Å². The highest BCUT2D eigenvalue weighted by atomic mass is 32.2. The van der Waals surface area contributed by atoms with Gasteiger partial charge in [-0.3, -0.25) is 9.69 Å². The van der Waals surface area contributed by atoms with Crippen LogP contribution >= 0.6 is 11.8 Å². The van der Waals surface area contributed by atoms with E-state index in [0.29, 0.717) is 12.5 Å². The second kappa shape index (κ2) is 10.7. The maximum absolute atomic E-state index is 13.0. The second-order valence-electron chi connectivity index (χ2n) is 8.96. The quantitative estimate of drug-likeness (QED) is 0.442. The van der Waals surface area contributed by atoms with Crippen LogP contribution in [0.15, 0.2) is 47.6 Å². The number of thioether (sulfide) groups is 1. The minimum Gasteiger partial charge on any atom is -0.454 e. The van der Waals surface area contributed by atoms with Crippen molar-refractivity contribution in [2.24, 2.45) is 0 Å². The zero-order valence-electron chi connectivity index (χ0n) is 20.3. The number of hydrogen-bond acceptors (Lipinski definition) is 7. The van der Waals surface area contributed by atoms with Crippen LogP contribution in [0.4, 0.5) is 0 Å². The average Bonchev–Trinajstić information content (AvgIpc) is 3.50. The van der Waals surface area contributed by atoms with Crippen LogP contribution in [0.25, 0.3) is 11.4 Å². The summed E-state index contributed by atoms with van der Waals surface area (Å²) in [4.78, 5) is 17.3. The number of amides is 1. The van der Waals surface area contributed by atoms with Crippen molar-refractivity contribution in [2.75, 3.05) is 38.7 Å². The summed E-state index contributed by atoms with van der Waals surface area (Å²) < 4.78 is 13.0. The SMILES string of the molecule is CCCn1c(SCC(=O)N2CCN(Cc3ccc4c(c3)OCO4)CC2)nnc1-c1cccc(C)c1. The number of aromatic nitrogens is 3. The second-order valence-corrected chi connectivity index (χ2v) is 9.90. The highest BCUT2D eigenvalue weighted by Crippen LogP contribution is 2.33. The van der Waals surface area contributed by atoms with Crippen LogP contribution in [0.5, 0.6) is 11.5 Å². The van der Waals surface area contributed by atoms with E-state index in [1.807, 2.05) is 23.1 Å². The summed E-state index contributed by atoms with van der Waals surface area (Å²) in [5, 5.41) is 9.67. The molecule has 0 unspecified atom stereocenters. The third-order valence-electron chi connectivity index (χ3n) is 6.33. The Kier molecular flexibility index (Phi) is 7.24. The van der Waals surface area contributed by atoms with Crippen LogP contribution in [0, 0.1) is 6.92 Å². The Bertz CT molecular complexity index is 1190. The smallest absolute Gasteiger partial charge is 0.233 e. The minimum absolute atomic E-state index is 0.154. The average molecular weight is 494 g/mol. The molecule has 3 heterocycles. The highest BCUT2D eigenvalue weighted by molar-refractivity contribution is 7.99. The summed E-state index contributed by atoms with van der Waals surface area (Å²) in [5.41, 5.74) is 3.45. The van der Waals surface area contributed by atoms with Crippen molar-refractivity contribution < 1.29 is 14.3 Å². The Labute approximate surface area is 210 Å². The van der Waals surface area contributed by atoms with Crippen molar-refractivity contribution in [3.63, 3.8) is 0 Å². The van der Waals surface area contributed by atoms with Gasteiger partial charge in [-0.1, -0.05) is 48.5 Å². The van der Waals surface area contributed by atoms with Crippen molar-refractivity contribution >= 4 is 17.7 Å². The Morgan fingerprint density at radius 2 is 1.86 bits per heavy atom. The fourth-order valence-electron chi connectivity index (χ4n) is 4.49. The first-order valence-electron chi connectivity index (χ1n) is 12.1. The molecule has 35 heavy (non-hydrogen) atoms. The van der Waals surface area contributed by atoms with Crippen molar-refractivity contribution in [1.82, 2.24) is 24.6 Å². The van der Waals surface area contributed by atoms with Gasteiger partial charge < -0.3 is 18.9 Å². The summed E-state index contributed by atoms with van der Waals surface area (Å²) in [5.74, 6) is 3.01. The number of benzene rings is 2. The van der Waals surface area contributed by atoms with Gasteiger partial charge in [0, 0.05) is 44.8 Å². The van der Waals surface area contributed by atoms with Gasteiger partial charge in [-0.2, -0.15) is 0 Å². The first-order chi connectivity index (χ1) is 17.1. The van der Waals surface area contributed by atoms with Crippen LogP contribution in [-0.2, 0) is 17.9 Å². The van der Waals surface area contributed by atoms with Crippen LogP contribution < -0.4 is 9.47 Å². The third kappa shape index (κ3) is 5.46. The maximum Gasteiger partial charge on any atom is 0.233 e. The lowest BCUT2D eigenvalue weighted by atomic mass is 10.1. The summed E-state index contributed by atoms with van der Waals surface area (Å²) in [7, 11) is 0. The molecule has 2 aromatic carbocycles. The molecule has 9 heteroatoms. The summed E-state index contributed by atoms with van der Waals surface area (Å²) >= 11 is 1.48. The molecule has 3 aromatic rings. The monoisotopic (exact) mass is 493 g/mol. The van der Waals surface area contributed by atoms with Gasteiger partial charge in [0.25, 0.3) is 0 Å². The van der Waals surface area contributed by atoms with E-state index in [2.05, 4.69) is 57.8 Å². The molecule has 2 aliphatic rings. The Morgan fingerprint density at radius 3 is 2.66 bits per heavy atom. The number of hydrogen-bond donors (Lipinski definition) is 0. The topological polar surface area (TPSA) is 72.7 Å². The Balaban J connectivity index is 1.15. The van der Waals surface area contributed by atoms with Crippen LogP contribution in [0.2, 0.25) is 0 Å². The van der Waals surface area contributed by atoms with Crippen LogP contribution in [0.3, 0.4) is 0 Å². The zero-order chi connectivity index (χ0) is 24.2.